The molecule has 1 atom stereocenters. The van der Waals surface area contributed by atoms with Crippen LogP contribution in [0, 0.1) is 6.92 Å². The second kappa shape index (κ2) is 6.42. The van der Waals surface area contributed by atoms with Crippen molar-refractivity contribution in [2.24, 2.45) is 0 Å². The molecule has 0 spiro atoms. The fourth-order valence-electron chi connectivity index (χ4n) is 2.38. The van der Waals surface area contributed by atoms with Crippen LogP contribution in [0.3, 0.4) is 0 Å². The Morgan fingerprint density at radius 3 is 2.74 bits per heavy atom. The summed E-state index contributed by atoms with van der Waals surface area (Å²) in [5.74, 6) is 0.742. The van der Waals surface area contributed by atoms with Gasteiger partial charge in [0.25, 0.3) is 5.91 Å². The van der Waals surface area contributed by atoms with E-state index in [2.05, 4.69) is 21.2 Å². The zero-order valence-electron chi connectivity index (χ0n) is 11.4. The summed E-state index contributed by atoms with van der Waals surface area (Å²) in [5, 5.41) is 3.06. The molecule has 0 saturated heterocycles. The third-order valence-corrected chi connectivity index (χ3v) is 4.00. The van der Waals surface area contributed by atoms with Gasteiger partial charge in [-0.3, -0.25) is 4.79 Å². The highest BCUT2D eigenvalue weighted by molar-refractivity contribution is 9.10. The smallest absolute Gasteiger partial charge is 0.260 e. The minimum absolute atomic E-state index is 0.0192. The van der Waals surface area contributed by atoms with E-state index >= 15 is 0 Å². The van der Waals surface area contributed by atoms with Crippen LogP contribution in [0.4, 0.5) is 0 Å². The largest absolute Gasteiger partial charge is 0.481 e. The van der Waals surface area contributed by atoms with Crippen molar-refractivity contribution >= 4 is 21.8 Å². The molecule has 0 radical (unpaired) electrons. The van der Waals surface area contributed by atoms with E-state index in [0.717, 1.165) is 28.6 Å². The lowest BCUT2D eigenvalue weighted by atomic mass is 10.2. The van der Waals surface area contributed by atoms with Gasteiger partial charge in [-0.1, -0.05) is 28.8 Å². The molecule has 1 aromatic carbocycles. The Bertz CT molecular complexity index is 455. The summed E-state index contributed by atoms with van der Waals surface area (Å²) in [6, 6.07) is 6.13. The first kappa shape index (κ1) is 14.4. The van der Waals surface area contributed by atoms with Crippen molar-refractivity contribution in [3.8, 4) is 5.75 Å². The van der Waals surface area contributed by atoms with Crippen molar-refractivity contribution in [1.82, 2.24) is 5.32 Å². The molecule has 2 rings (SSSR count). The maximum atomic E-state index is 12.0. The lowest BCUT2D eigenvalue weighted by Gasteiger charge is -2.19. The van der Waals surface area contributed by atoms with E-state index in [1.54, 1.807) is 6.92 Å². The molecule has 1 aromatic rings. The summed E-state index contributed by atoms with van der Waals surface area (Å²) < 4.78 is 6.75. The predicted molar refractivity (Wildman–Crippen MR) is 79.4 cm³/mol. The predicted octanol–water partition coefficient (Wildman–Crippen LogP) is 3.58. The molecule has 19 heavy (non-hydrogen) atoms. The molecule has 1 unspecified atom stereocenters. The monoisotopic (exact) mass is 325 g/mol. The number of hydrogen-bond donors (Lipinski definition) is 1. The van der Waals surface area contributed by atoms with Gasteiger partial charge in [-0.05, 0) is 50.5 Å². The van der Waals surface area contributed by atoms with Gasteiger partial charge in [0, 0.05) is 10.5 Å². The van der Waals surface area contributed by atoms with E-state index in [-0.39, 0.29) is 5.91 Å². The Morgan fingerprint density at radius 2 is 2.11 bits per heavy atom. The number of halogens is 1. The van der Waals surface area contributed by atoms with Crippen LogP contribution in [0.15, 0.2) is 22.7 Å². The number of benzene rings is 1. The van der Waals surface area contributed by atoms with Crippen molar-refractivity contribution in [3.05, 3.63) is 28.2 Å². The molecule has 1 saturated carbocycles. The molecule has 1 aliphatic rings. The summed E-state index contributed by atoms with van der Waals surface area (Å²) in [7, 11) is 0. The quantitative estimate of drug-likeness (QED) is 0.918. The highest BCUT2D eigenvalue weighted by Gasteiger charge is 2.21. The SMILES string of the molecule is Cc1cc(Br)ccc1OC(C)C(=O)NC1CCCC1. The number of carbonyl (C=O) groups is 1. The number of hydrogen-bond acceptors (Lipinski definition) is 2. The van der Waals surface area contributed by atoms with Crippen LogP contribution < -0.4 is 10.1 Å². The fraction of sp³-hybridized carbons (Fsp3) is 0.533. The number of ether oxygens (including phenoxy) is 1. The van der Waals surface area contributed by atoms with E-state index in [9.17, 15) is 4.79 Å². The second-order valence-corrected chi connectivity index (χ2v) is 6.08. The summed E-state index contributed by atoms with van der Waals surface area (Å²) in [6.07, 6.45) is 4.16. The third-order valence-electron chi connectivity index (χ3n) is 3.51. The molecular formula is C15H20BrNO2. The van der Waals surface area contributed by atoms with Crippen molar-refractivity contribution in [3.63, 3.8) is 0 Å². The molecule has 1 aliphatic carbocycles. The van der Waals surface area contributed by atoms with Gasteiger partial charge in [0.1, 0.15) is 5.75 Å². The van der Waals surface area contributed by atoms with Crippen molar-refractivity contribution in [2.45, 2.75) is 51.7 Å². The van der Waals surface area contributed by atoms with Gasteiger partial charge in [-0.2, -0.15) is 0 Å². The molecular weight excluding hydrogens is 306 g/mol. The first-order chi connectivity index (χ1) is 9.06. The maximum Gasteiger partial charge on any atom is 0.260 e. The van der Waals surface area contributed by atoms with Crippen LogP contribution in [-0.4, -0.2) is 18.1 Å². The lowest BCUT2D eigenvalue weighted by Crippen LogP contribution is -2.41. The number of nitrogens with one attached hydrogen (secondary N) is 1. The summed E-state index contributed by atoms with van der Waals surface area (Å²) >= 11 is 3.41. The number of amides is 1. The van der Waals surface area contributed by atoms with Crippen LogP contribution in [0.25, 0.3) is 0 Å². The lowest BCUT2D eigenvalue weighted by molar-refractivity contribution is -0.127. The highest BCUT2D eigenvalue weighted by Crippen LogP contribution is 2.23. The maximum absolute atomic E-state index is 12.0. The molecule has 0 bridgehead atoms. The molecule has 0 aliphatic heterocycles. The van der Waals surface area contributed by atoms with Gasteiger partial charge in [0.05, 0.1) is 0 Å². The first-order valence-corrected chi connectivity index (χ1v) is 7.59. The number of aryl methyl sites for hydroxylation is 1. The Balaban J connectivity index is 1.92. The van der Waals surface area contributed by atoms with Crippen LogP contribution in [0.5, 0.6) is 5.75 Å². The van der Waals surface area contributed by atoms with Gasteiger partial charge >= 0.3 is 0 Å². The van der Waals surface area contributed by atoms with E-state index in [4.69, 9.17) is 4.74 Å². The van der Waals surface area contributed by atoms with Crippen LogP contribution in [0.2, 0.25) is 0 Å². The van der Waals surface area contributed by atoms with Crippen LogP contribution in [-0.2, 0) is 4.79 Å². The second-order valence-electron chi connectivity index (χ2n) is 5.16. The van der Waals surface area contributed by atoms with Gasteiger partial charge in [0.2, 0.25) is 0 Å². The van der Waals surface area contributed by atoms with Crippen molar-refractivity contribution in [1.29, 1.82) is 0 Å². The summed E-state index contributed by atoms with van der Waals surface area (Å²) in [5.41, 5.74) is 1.02. The summed E-state index contributed by atoms with van der Waals surface area (Å²) in [6.45, 7) is 3.77. The van der Waals surface area contributed by atoms with Gasteiger partial charge in [-0.15, -0.1) is 0 Å². The van der Waals surface area contributed by atoms with E-state index in [1.165, 1.54) is 12.8 Å². The number of carbonyl (C=O) groups excluding carboxylic acids is 1. The van der Waals surface area contributed by atoms with Crippen LogP contribution >= 0.6 is 15.9 Å². The minimum Gasteiger partial charge on any atom is -0.481 e. The molecule has 1 N–H and O–H groups in total. The fourth-order valence-corrected chi connectivity index (χ4v) is 2.85. The molecule has 1 amide bonds. The first-order valence-electron chi connectivity index (χ1n) is 6.79. The Kier molecular flexibility index (Phi) is 4.86. The topological polar surface area (TPSA) is 38.3 Å². The third kappa shape index (κ3) is 3.96. The Morgan fingerprint density at radius 1 is 1.42 bits per heavy atom. The van der Waals surface area contributed by atoms with Gasteiger partial charge in [0.15, 0.2) is 6.10 Å². The standard InChI is InChI=1S/C15H20BrNO2/c1-10-9-12(16)7-8-14(10)19-11(2)15(18)17-13-5-3-4-6-13/h7-9,11,13H,3-6H2,1-2H3,(H,17,18). The molecule has 4 heteroatoms. The number of rotatable bonds is 4. The van der Waals surface area contributed by atoms with Crippen LogP contribution in [0.1, 0.15) is 38.2 Å². The average Bonchev–Trinajstić information content (AvgIpc) is 2.85. The summed E-state index contributed by atoms with van der Waals surface area (Å²) in [4.78, 5) is 12.0. The van der Waals surface area contributed by atoms with E-state index in [1.807, 2.05) is 25.1 Å². The van der Waals surface area contributed by atoms with Gasteiger partial charge in [-0.25, -0.2) is 0 Å². The Hall–Kier alpha value is -1.03. The van der Waals surface area contributed by atoms with E-state index < -0.39 is 6.10 Å². The van der Waals surface area contributed by atoms with Crippen molar-refractivity contribution < 1.29 is 9.53 Å². The normalized spacial score (nSPS) is 17.2. The molecule has 0 aromatic heterocycles. The zero-order valence-corrected chi connectivity index (χ0v) is 13.0. The van der Waals surface area contributed by atoms with E-state index in [0.29, 0.717) is 6.04 Å². The molecule has 1 fully saturated rings. The van der Waals surface area contributed by atoms with Crippen molar-refractivity contribution in [2.75, 3.05) is 0 Å². The Labute approximate surface area is 122 Å². The van der Waals surface area contributed by atoms with Gasteiger partial charge < -0.3 is 10.1 Å². The molecule has 104 valence electrons. The zero-order chi connectivity index (χ0) is 13.8. The highest BCUT2D eigenvalue weighted by atomic mass is 79.9. The molecule has 0 heterocycles. The minimum atomic E-state index is -0.458. The molecule has 3 nitrogen and oxygen atoms in total. The average molecular weight is 326 g/mol.